The fourth-order valence-corrected chi connectivity index (χ4v) is 5.36. The van der Waals surface area contributed by atoms with Crippen molar-refractivity contribution in [1.29, 1.82) is 0 Å². The number of amides is 1. The number of para-hydroxylation sites is 1. The number of anilines is 1. The highest BCUT2D eigenvalue weighted by Crippen LogP contribution is 2.41. The van der Waals surface area contributed by atoms with Crippen molar-refractivity contribution in [3.05, 3.63) is 52.2 Å². The predicted molar refractivity (Wildman–Crippen MR) is 104 cm³/mol. The first-order chi connectivity index (χ1) is 12.9. The molecule has 1 N–H and O–H groups in total. The number of nitrogens with zero attached hydrogens (tertiary/aromatic N) is 2. The van der Waals surface area contributed by atoms with E-state index in [1.165, 1.54) is 29.2 Å². The summed E-state index contributed by atoms with van der Waals surface area (Å²) >= 11 is 8.58. The number of carboxylic acid groups (broad SMARTS) is 1. The smallest absolute Gasteiger partial charge is 0.305 e. The first-order valence-electron chi connectivity index (χ1n) is 7.96. The molecule has 1 aliphatic heterocycles. The number of fused-ring (bicyclic) bond motifs is 2. The maximum atomic E-state index is 13.7. The molecule has 1 unspecified atom stereocenters. The SMILES string of the molecule is O=C(O)CC1Sc2ccccc2N(Cc2nc3c(Cl)c(F)ccc3s2)C1=O. The Morgan fingerprint density at radius 1 is 1.30 bits per heavy atom. The Kier molecular flexibility index (Phi) is 4.79. The van der Waals surface area contributed by atoms with Crippen molar-refractivity contribution >= 4 is 62.5 Å². The number of halogens is 2. The number of aromatic nitrogens is 1. The van der Waals surface area contributed by atoms with Crippen LogP contribution in [-0.4, -0.2) is 27.2 Å². The van der Waals surface area contributed by atoms with Crippen molar-refractivity contribution in [2.45, 2.75) is 23.1 Å². The fraction of sp³-hybridized carbons (Fsp3) is 0.167. The summed E-state index contributed by atoms with van der Waals surface area (Å²) in [6.45, 7) is 0.170. The molecule has 4 rings (SSSR count). The largest absolute Gasteiger partial charge is 0.481 e. The van der Waals surface area contributed by atoms with E-state index in [9.17, 15) is 14.0 Å². The molecular formula is C18H12ClFN2O3S2. The summed E-state index contributed by atoms with van der Waals surface area (Å²) in [6, 6.07) is 10.2. The molecule has 138 valence electrons. The Hall–Kier alpha value is -2.16. The van der Waals surface area contributed by atoms with Crippen LogP contribution in [0.15, 0.2) is 41.3 Å². The highest BCUT2D eigenvalue weighted by molar-refractivity contribution is 8.01. The maximum Gasteiger partial charge on any atom is 0.305 e. The van der Waals surface area contributed by atoms with E-state index in [1.54, 1.807) is 11.0 Å². The van der Waals surface area contributed by atoms with E-state index in [-0.39, 0.29) is 23.9 Å². The number of aliphatic carboxylic acids is 1. The Morgan fingerprint density at radius 3 is 2.85 bits per heavy atom. The third kappa shape index (κ3) is 3.40. The monoisotopic (exact) mass is 422 g/mol. The molecule has 5 nitrogen and oxygen atoms in total. The van der Waals surface area contributed by atoms with Gasteiger partial charge in [0.1, 0.15) is 21.4 Å². The van der Waals surface area contributed by atoms with E-state index in [0.29, 0.717) is 16.2 Å². The maximum absolute atomic E-state index is 13.7. The van der Waals surface area contributed by atoms with Crippen molar-refractivity contribution in [2.75, 3.05) is 4.90 Å². The number of carboxylic acids is 1. The molecule has 1 amide bonds. The van der Waals surface area contributed by atoms with Gasteiger partial charge in [0.25, 0.3) is 0 Å². The second kappa shape index (κ2) is 7.10. The van der Waals surface area contributed by atoms with Gasteiger partial charge in [-0.1, -0.05) is 23.7 Å². The van der Waals surface area contributed by atoms with E-state index in [4.69, 9.17) is 16.7 Å². The number of rotatable bonds is 4. The second-order valence-electron chi connectivity index (χ2n) is 5.91. The number of hydrogen-bond acceptors (Lipinski definition) is 5. The van der Waals surface area contributed by atoms with Crippen LogP contribution < -0.4 is 4.90 Å². The standard InChI is InChI=1S/C18H12ClFN2O3S2/c19-16-9(20)5-6-12-17(16)21-14(27-12)8-22-10-3-1-2-4-11(10)26-13(18(22)25)7-15(23)24/h1-6,13H,7-8H2,(H,23,24). The molecule has 0 aliphatic carbocycles. The van der Waals surface area contributed by atoms with Gasteiger partial charge in [0.2, 0.25) is 5.91 Å². The van der Waals surface area contributed by atoms with E-state index in [1.807, 2.05) is 24.3 Å². The number of thiazole rings is 1. The van der Waals surface area contributed by atoms with Crippen LogP contribution in [-0.2, 0) is 16.1 Å². The summed E-state index contributed by atoms with van der Waals surface area (Å²) in [6.07, 6.45) is -0.259. The average Bonchev–Trinajstić information content (AvgIpc) is 3.05. The van der Waals surface area contributed by atoms with Gasteiger partial charge in [-0.05, 0) is 24.3 Å². The minimum atomic E-state index is -1.03. The molecule has 3 aromatic rings. The topological polar surface area (TPSA) is 70.5 Å². The van der Waals surface area contributed by atoms with Crippen LogP contribution in [0.4, 0.5) is 10.1 Å². The van der Waals surface area contributed by atoms with Crippen LogP contribution in [0.1, 0.15) is 11.4 Å². The Balaban J connectivity index is 1.72. The molecule has 1 atom stereocenters. The van der Waals surface area contributed by atoms with Crippen molar-refractivity contribution in [2.24, 2.45) is 0 Å². The summed E-state index contributed by atoms with van der Waals surface area (Å²) in [5.41, 5.74) is 1.08. The molecule has 27 heavy (non-hydrogen) atoms. The molecule has 9 heteroatoms. The van der Waals surface area contributed by atoms with Gasteiger partial charge in [0.05, 0.1) is 28.6 Å². The number of thioether (sulfide) groups is 1. The van der Waals surface area contributed by atoms with Crippen LogP contribution >= 0.6 is 34.7 Å². The first kappa shape index (κ1) is 18.2. The van der Waals surface area contributed by atoms with Crippen molar-refractivity contribution in [3.63, 3.8) is 0 Å². The van der Waals surface area contributed by atoms with Gasteiger partial charge >= 0.3 is 5.97 Å². The number of carbonyl (C=O) groups excluding carboxylic acids is 1. The summed E-state index contributed by atoms with van der Waals surface area (Å²) in [5, 5.41) is 8.97. The van der Waals surface area contributed by atoms with Crippen molar-refractivity contribution in [3.8, 4) is 0 Å². The summed E-state index contributed by atoms with van der Waals surface area (Å²) in [7, 11) is 0. The number of hydrogen-bond donors (Lipinski definition) is 1. The minimum Gasteiger partial charge on any atom is -0.481 e. The molecule has 0 saturated carbocycles. The number of carbonyl (C=O) groups is 2. The van der Waals surface area contributed by atoms with E-state index < -0.39 is 17.0 Å². The van der Waals surface area contributed by atoms with Crippen molar-refractivity contribution in [1.82, 2.24) is 4.98 Å². The van der Waals surface area contributed by atoms with Crippen LogP contribution in [0.2, 0.25) is 5.02 Å². The lowest BCUT2D eigenvalue weighted by molar-refractivity contribution is -0.138. The molecule has 1 aliphatic rings. The van der Waals surface area contributed by atoms with Gasteiger partial charge < -0.3 is 10.0 Å². The molecule has 2 heterocycles. The molecule has 0 radical (unpaired) electrons. The van der Waals surface area contributed by atoms with Gasteiger partial charge in [-0.3, -0.25) is 9.59 Å². The Labute approximate surface area is 166 Å². The quantitative estimate of drug-likeness (QED) is 0.666. The van der Waals surface area contributed by atoms with Crippen LogP contribution in [0.25, 0.3) is 10.2 Å². The number of benzene rings is 2. The fourth-order valence-electron chi connectivity index (χ4n) is 2.91. The van der Waals surface area contributed by atoms with Gasteiger partial charge in [-0.2, -0.15) is 0 Å². The normalized spacial score (nSPS) is 16.6. The van der Waals surface area contributed by atoms with Crippen LogP contribution in [0.5, 0.6) is 0 Å². The van der Waals surface area contributed by atoms with Gasteiger partial charge in [-0.25, -0.2) is 9.37 Å². The Bertz CT molecular complexity index is 1070. The zero-order chi connectivity index (χ0) is 19.1. The summed E-state index contributed by atoms with van der Waals surface area (Å²) < 4.78 is 14.4. The molecule has 0 spiro atoms. The highest BCUT2D eigenvalue weighted by Gasteiger charge is 2.35. The second-order valence-corrected chi connectivity index (χ2v) is 8.65. The molecule has 0 fully saturated rings. The van der Waals surface area contributed by atoms with E-state index >= 15 is 0 Å². The molecule has 0 saturated heterocycles. The lowest BCUT2D eigenvalue weighted by Gasteiger charge is -2.32. The van der Waals surface area contributed by atoms with Crippen molar-refractivity contribution < 1.29 is 19.1 Å². The van der Waals surface area contributed by atoms with Crippen LogP contribution in [0.3, 0.4) is 0 Å². The lowest BCUT2D eigenvalue weighted by atomic mass is 10.2. The third-order valence-corrected chi connectivity index (χ3v) is 6.73. The third-order valence-electron chi connectivity index (χ3n) is 4.12. The molecule has 1 aromatic heterocycles. The van der Waals surface area contributed by atoms with E-state index in [2.05, 4.69) is 4.98 Å². The predicted octanol–water partition coefficient (Wildman–Crippen LogP) is 4.57. The highest BCUT2D eigenvalue weighted by atomic mass is 35.5. The first-order valence-corrected chi connectivity index (χ1v) is 10.0. The van der Waals surface area contributed by atoms with Gasteiger partial charge in [0, 0.05) is 4.90 Å². The summed E-state index contributed by atoms with van der Waals surface area (Å²) in [5.74, 6) is -1.85. The summed E-state index contributed by atoms with van der Waals surface area (Å²) in [4.78, 5) is 30.8. The molecule has 0 bridgehead atoms. The van der Waals surface area contributed by atoms with Gasteiger partial charge in [0.15, 0.2) is 0 Å². The zero-order valence-corrected chi connectivity index (χ0v) is 16.1. The zero-order valence-electron chi connectivity index (χ0n) is 13.7. The Morgan fingerprint density at radius 2 is 2.07 bits per heavy atom. The molecular weight excluding hydrogens is 411 g/mol. The lowest BCUT2D eigenvalue weighted by Crippen LogP contribution is -2.41. The van der Waals surface area contributed by atoms with E-state index in [0.717, 1.165) is 9.60 Å². The minimum absolute atomic E-state index is 0.0420. The average molecular weight is 423 g/mol. The van der Waals surface area contributed by atoms with Gasteiger partial charge in [-0.15, -0.1) is 23.1 Å². The molecule has 2 aromatic carbocycles. The van der Waals surface area contributed by atoms with Crippen LogP contribution in [0, 0.1) is 5.82 Å².